The van der Waals surface area contributed by atoms with Crippen molar-refractivity contribution in [2.45, 2.75) is 27.2 Å². The van der Waals surface area contributed by atoms with E-state index >= 15 is 0 Å². The number of aromatic nitrogens is 4. The van der Waals surface area contributed by atoms with Crippen molar-refractivity contribution in [3.8, 4) is 5.00 Å². The van der Waals surface area contributed by atoms with E-state index in [0.29, 0.717) is 22.8 Å². The molecule has 0 aromatic carbocycles. The van der Waals surface area contributed by atoms with Gasteiger partial charge < -0.3 is 5.11 Å². The van der Waals surface area contributed by atoms with Gasteiger partial charge in [0.05, 0.1) is 12.1 Å². The third-order valence-corrected chi connectivity index (χ3v) is 3.82. The molecule has 0 saturated carbocycles. The van der Waals surface area contributed by atoms with Crippen LogP contribution in [0.5, 0.6) is 0 Å². The maximum Gasteiger partial charge on any atom is 0.353 e. The summed E-state index contributed by atoms with van der Waals surface area (Å²) < 4.78 is 5.15. The molecular weight excluding hydrogens is 280 g/mol. The monoisotopic (exact) mass is 294 g/mol. The van der Waals surface area contributed by atoms with E-state index in [-0.39, 0.29) is 0 Å². The maximum atomic E-state index is 12.0. The van der Waals surface area contributed by atoms with Gasteiger partial charge in [0.25, 0.3) is 0 Å². The minimum Gasteiger partial charge on any atom is -0.481 e. The minimum absolute atomic E-state index is 0.326. The Hall–Kier alpha value is -2.09. The molecule has 0 aliphatic carbocycles. The first-order valence-corrected chi connectivity index (χ1v) is 6.78. The molecule has 0 spiro atoms. The van der Waals surface area contributed by atoms with Gasteiger partial charge in [-0.25, -0.2) is 4.79 Å². The number of hydrogen-bond acceptors (Lipinski definition) is 6. The normalized spacial score (nSPS) is 12.3. The molecule has 0 bridgehead atoms. The molecule has 20 heavy (non-hydrogen) atoms. The smallest absolute Gasteiger partial charge is 0.353 e. The van der Waals surface area contributed by atoms with Gasteiger partial charge in [-0.05, 0) is 25.8 Å². The average Bonchev–Trinajstić information content (AvgIpc) is 2.87. The van der Waals surface area contributed by atoms with E-state index in [1.165, 1.54) is 10.8 Å². The van der Waals surface area contributed by atoms with Gasteiger partial charge in [0.2, 0.25) is 0 Å². The van der Waals surface area contributed by atoms with Crippen LogP contribution in [0.3, 0.4) is 0 Å². The fraction of sp³-hybridized carbons (Fsp3) is 0.417. The Morgan fingerprint density at radius 2 is 2.20 bits per heavy atom. The number of aliphatic carboxylic acids is 1. The Balaban J connectivity index is 2.56. The molecule has 0 aliphatic heterocycles. The van der Waals surface area contributed by atoms with Crippen LogP contribution in [0.2, 0.25) is 0 Å². The first kappa shape index (κ1) is 14.3. The predicted octanol–water partition coefficient (Wildman–Crippen LogP) is 0.964. The van der Waals surface area contributed by atoms with E-state index in [1.807, 2.05) is 0 Å². The predicted molar refractivity (Wildman–Crippen MR) is 73.3 cm³/mol. The Morgan fingerprint density at radius 3 is 2.75 bits per heavy atom. The maximum absolute atomic E-state index is 12.0. The summed E-state index contributed by atoms with van der Waals surface area (Å²) in [7, 11) is 0. The Morgan fingerprint density at radius 1 is 1.50 bits per heavy atom. The molecule has 0 saturated heterocycles. The van der Waals surface area contributed by atoms with E-state index in [1.54, 1.807) is 20.8 Å². The van der Waals surface area contributed by atoms with Crippen molar-refractivity contribution in [2.75, 3.05) is 0 Å². The molecule has 0 aliphatic rings. The number of carboxylic acid groups (broad SMARTS) is 1. The van der Waals surface area contributed by atoms with Crippen molar-refractivity contribution in [3.63, 3.8) is 0 Å². The summed E-state index contributed by atoms with van der Waals surface area (Å²) in [5, 5.41) is 13.3. The summed E-state index contributed by atoms with van der Waals surface area (Å²) in [5.74, 6) is -1.42. The van der Waals surface area contributed by atoms with Crippen LogP contribution in [0, 0.1) is 19.8 Å². The second-order valence-electron chi connectivity index (χ2n) is 4.58. The molecule has 0 radical (unpaired) electrons. The van der Waals surface area contributed by atoms with Crippen molar-refractivity contribution in [1.82, 2.24) is 19.1 Å². The van der Waals surface area contributed by atoms with E-state index in [2.05, 4.69) is 14.6 Å². The van der Waals surface area contributed by atoms with Crippen LogP contribution in [0.4, 0.5) is 0 Å². The standard InChI is InChI=1S/C12H14N4O3S/c1-6(11(17)18)4-9-7(2)14-12(19)16(8(9)3)10-5-13-15-20-10/h5-6H,4H2,1-3H3,(H,17,18). The van der Waals surface area contributed by atoms with Crippen LogP contribution < -0.4 is 5.69 Å². The van der Waals surface area contributed by atoms with Crippen LogP contribution >= 0.6 is 11.5 Å². The van der Waals surface area contributed by atoms with Crippen molar-refractivity contribution in [1.29, 1.82) is 0 Å². The number of carbonyl (C=O) groups is 1. The molecule has 2 rings (SSSR count). The summed E-state index contributed by atoms with van der Waals surface area (Å²) in [6.45, 7) is 5.12. The van der Waals surface area contributed by atoms with Crippen molar-refractivity contribution < 1.29 is 9.90 Å². The van der Waals surface area contributed by atoms with Gasteiger partial charge in [-0.3, -0.25) is 9.36 Å². The highest BCUT2D eigenvalue weighted by Crippen LogP contribution is 2.18. The van der Waals surface area contributed by atoms with E-state index < -0.39 is 17.6 Å². The molecule has 7 nitrogen and oxygen atoms in total. The summed E-state index contributed by atoms with van der Waals surface area (Å²) in [4.78, 5) is 27.0. The van der Waals surface area contributed by atoms with Crippen LogP contribution in [0.15, 0.2) is 11.0 Å². The highest BCUT2D eigenvalue weighted by Gasteiger charge is 2.19. The van der Waals surface area contributed by atoms with Crippen LogP contribution in [-0.2, 0) is 11.2 Å². The highest BCUT2D eigenvalue weighted by molar-refractivity contribution is 7.08. The first-order chi connectivity index (χ1) is 9.41. The fourth-order valence-electron chi connectivity index (χ4n) is 2.01. The van der Waals surface area contributed by atoms with Gasteiger partial charge >= 0.3 is 11.7 Å². The lowest BCUT2D eigenvalue weighted by Gasteiger charge is -2.15. The molecule has 1 N–H and O–H groups in total. The molecule has 1 unspecified atom stereocenters. The minimum atomic E-state index is -0.874. The second kappa shape index (κ2) is 5.49. The third kappa shape index (κ3) is 2.60. The van der Waals surface area contributed by atoms with E-state index in [9.17, 15) is 9.59 Å². The zero-order valence-corrected chi connectivity index (χ0v) is 12.1. The van der Waals surface area contributed by atoms with Crippen molar-refractivity contribution in [3.05, 3.63) is 33.6 Å². The Kier molecular flexibility index (Phi) is 3.93. The SMILES string of the molecule is Cc1nc(=O)n(-c2cnns2)c(C)c1CC(C)C(=O)O. The highest BCUT2D eigenvalue weighted by atomic mass is 32.1. The van der Waals surface area contributed by atoms with Crippen LogP contribution in [-0.4, -0.2) is 30.2 Å². The lowest BCUT2D eigenvalue weighted by molar-refractivity contribution is -0.141. The molecule has 2 aromatic heterocycles. The summed E-state index contributed by atoms with van der Waals surface area (Å²) >= 11 is 1.09. The van der Waals surface area contributed by atoms with Crippen LogP contribution in [0.1, 0.15) is 23.9 Å². The zero-order chi connectivity index (χ0) is 14.9. The molecule has 1 atom stereocenters. The van der Waals surface area contributed by atoms with Gasteiger partial charge in [-0.1, -0.05) is 11.4 Å². The number of aryl methyl sites for hydroxylation is 1. The summed E-state index contributed by atoms with van der Waals surface area (Å²) in [5.41, 5.74) is 1.61. The molecule has 2 aromatic rings. The third-order valence-electron chi connectivity index (χ3n) is 3.17. The van der Waals surface area contributed by atoms with Crippen molar-refractivity contribution >= 4 is 17.5 Å². The Bertz CT molecular complexity index is 693. The number of hydrogen-bond donors (Lipinski definition) is 1. The number of carboxylic acids is 1. The number of nitrogens with zero attached hydrogens (tertiary/aromatic N) is 4. The van der Waals surface area contributed by atoms with E-state index in [4.69, 9.17) is 5.11 Å². The summed E-state index contributed by atoms with van der Waals surface area (Å²) in [6, 6.07) is 0. The molecule has 0 amide bonds. The molecule has 8 heteroatoms. The molecule has 106 valence electrons. The Labute approximate surface area is 119 Å². The van der Waals surface area contributed by atoms with E-state index in [0.717, 1.165) is 17.1 Å². The van der Waals surface area contributed by atoms with Crippen LogP contribution in [0.25, 0.3) is 5.00 Å². The average molecular weight is 294 g/mol. The topological polar surface area (TPSA) is 98.0 Å². The zero-order valence-electron chi connectivity index (χ0n) is 11.3. The fourth-order valence-corrected chi connectivity index (χ4v) is 2.58. The first-order valence-electron chi connectivity index (χ1n) is 6.01. The number of rotatable bonds is 4. The van der Waals surface area contributed by atoms with Gasteiger partial charge in [-0.2, -0.15) is 4.98 Å². The molecular formula is C12H14N4O3S. The lowest BCUT2D eigenvalue weighted by atomic mass is 9.99. The van der Waals surface area contributed by atoms with Gasteiger partial charge in [0, 0.05) is 22.9 Å². The molecule has 2 heterocycles. The lowest BCUT2D eigenvalue weighted by Crippen LogP contribution is -2.27. The second-order valence-corrected chi connectivity index (χ2v) is 5.34. The summed E-state index contributed by atoms with van der Waals surface area (Å²) in [6.07, 6.45) is 1.81. The van der Waals surface area contributed by atoms with Gasteiger partial charge in [0.15, 0.2) is 0 Å². The van der Waals surface area contributed by atoms with Gasteiger partial charge in [-0.15, -0.1) is 5.10 Å². The van der Waals surface area contributed by atoms with Crippen molar-refractivity contribution in [2.24, 2.45) is 5.92 Å². The molecule has 0 fully saturated rings. The van der Waals surface area contributed by atoms with Gasteiger partial charge in [0.1, 0.15) is 5.00 Å². The quantitative estimate of drug-likeness (QED) is 0.902. The largest absolute Gasteiger partial charge is 0.481 e.